The normalized spacial score (nSPS) is 18.1. The first-order chi connectivity index (χ1) is 9.45. The monoisotopic (exact) mass is 297 g/mol. The minimum atomic E-state index is -0.279. The topological polar surface area (TPSA) is 109 Å². The van der Waals surface area contributed by atoms with E-state index in [9.17, 15) is 9.59 Å². The second kappa shape index (κ2) is 6.08. The van der Waals surface area contributed by atoms with Crippen LogP contribution < -0.4 is 21.7 Å². The summed E-state index contributed by atoms with van der Waals surface area (Å²) in [6.07, 6.45) is 0.308. The van der Waals surface area contributed by atoms with Gasteiger partial charge in [0.05, 0.1) is 6.04 Å². The van der Waals surface area contributed by atoms with Crippen LogP contribution in [-0.4, -0.2) is 35.9 Å². The Morgan fingerprint density at radius 1 is 1.60 bits per heavy atom. The number of nitrogen functional groups attached to an aromatic ring is 1. The van der Waals surface area contributed by atoms with Gasteiger partial charge < -0.3 is 21.7 Å². The minimum absolute atomic E-state index is 0.0492. The summed E-state index contributed by atoms with van der Waals surface area (Å²) in [5, 5.41) is 9.24. The Morgan fingerprint density at radius 2 is 2.35 bits per heavy atom. The molecule has 1 aliphatic heterocycles. The summed E-state index contributed by atoms with van der Waals surface area (Å²) in [7, 11) is 0. The van der Waals surface area contributed by atoms with E-state index in [1.807, 2.05) is 0 Å². The Balaban J connectivity index is 1.97. The lowest BCUT2D eigenvalue weighted by molar-refractivity contribution is -0.119. The van der Waals surface area contributed by atoms with E-state index in [1.54, 1.807) is 0 Å². The minimum Gasteiger partial charge on any atom is -0.382 e. The maximum Gasteiger partial charge on any atom is 0.265 e. The highest BCUT2D eigenvalue weighted by molar-refractivity contribution is 7.18. The largest absolute Gasteiger partial charge is 0.382 e. The Hall–Kier alpha value is -1.83. The van der Waals surface area contributed by atoms with Crippen molar-refractivity contribution in [3.05, 3.63) is 4.88 Å². The Bertz CT molecular complexity index is 514. The predicted octanol–water partition coefficient (Wildman–Crippen LogP) is 0.412. The number of rotatable bonds is 5. The first-order valence-corrected chi connectivity index (χ1v) is 7.35. The molecule has 1 aromatic rings. The molecule has 1 saturated heterocycles. The van der Waals surface area contributed by atoms with Crippen LogP contribution in [0.5, 0.6) is 0 Å². The van der Waals surface area contributed by atoms with Gasteiger partial charge in [-0.3, -0.25) is 9.59 Å². The van der Waals surface area contributed by atoms with Gasteiger partial charge >= 0.3 is 0 Å². The van der Waals surface area contributed by atoms with Gasteiger partial charge in [0.25, 0.3) is 5.91 Å². The van der Waals surface area contributed by atoms with E-state index in [-0.39, 0.29) is 23.7 Å². The molecule has 7 nitrogen and oxygen atoms in total. The molecule has 0 aliphatic carbocycles. The third kappa shape index (κ3) is 3.60. The number of nitrogens with two attached hydrogens (primary N) is 1. The lowest BCUT2D eigenvalue weighted by Crippen LogP contribution is -2.36. The molecule has 2 amide bonds. The number of carbonyl (C=O) groups is 2. The standard InChI is InChI=1S/C12H19N5O2S/c1-6(2)4-15-12-17-10(13)9(20-12)11(19)16-7-3-8(18)14-5-7/h6-7H,3-5,13H2,1-2H3,(H,14,18)(H,15,17)(H,16,19). The highest BCUT2D eigenvalue weighted by Crippen LogP contribution is 2.25. The summed E-state index contributed by atoms with van der Waals surface area (Å²) in [5.74, 6) is 0.370. The van der Waals surface area contributed by atoms with Gasteiger partial charge in [-0.25, -0.2) is 4.98 Å². The van der Waals surface area contributed by atoms with Crippen molar-refractivity contribution in [3.8, 4) is 0 Å². The fourth-order valence-corrected chi connectivity index (χ4v) is 2.61. The van der Waals surface area contributed by atoms with Crippen LogP contribution in [0.15, 0.2) is 0 Å². The van der Waals surface area contributed by atoms with Gasteiger partial charge in [0.1, 0.15) is 10.7 Å². The van der Waals surface area contributed by atoms with Crippen LogP contribution in [0.2, 0.25) is 0 Å². The zero-order chi connectivity index (χ0) is 14.7. The average Bonchev–Trinajstić information content (AvgIpc) is 2.93. The quantitative estimate of drug-likeness (QED) is 0.629. The Morgan fingerprint density at radius 3 is 2.95 bits per heavy atom. The molecular formula is C12H19N5O2S. The molecule has 2 heterocycles. The zero-order valence-corrected chi connectivity index (χ0v) is 12.3. The number of anilines is 2. The second-order valence-electron chi connectivity index (χ2n) is 5.19. The summed E-state index contributed by atoms with van der Waals surface area (Å²) < 4.78 is 0. The fourth-order valence-electron chi connectivity index (χ4n) is 1.82. The van der Waals surface area contributed by atoms with Crippen molar-refractivity contribution in [2.45, 2.75) is 26.3 Å². The first kappa shape index (κ1) is 14.6. The summed E-state index contributed by atoms with van der Waals surface area (Å²) >= 11 is 1.23. The summed E-state index contributed by atoms with van der Waals surface area (Å²) in [5.41, 5.74) is 5.77. The number of nitrogens with one attached hydrogen (secondary N) is 3. The molecule has 0 spiro atoms. The zero-order valence-electron chi connectivity index (χ0n) is 11.5. The SMILES string of the molecule is CC(C)CNc1nc(N)c(C(=O)NC2CNC(=O)C2)s1. The highest BCUT2D eigenvalue weighted by atomic mass is 32.1. The molecule has 0 bridgehead atoms. The van der Waals surface area contributed by atoms with Crippen molar-refractivity contribution < 1.29 is 9.59 Å². The number of aromatic nitrogens is 1. The van der Waals surface area contributed by atoms with E-state index >= 15 is 0 Å². The lowest BCUT2D eigenvalue weighted by Gasteiger charge is -2.08. The van der Waals surface area contributed by atoms with Crippen LogP contribution in [-0.2, 0) is 4.79 Å². The van der Waals surface area contributed by atoms with Gasteiger partial charge in [-0.05, 0) is 5.92 Å². The van der Waals surface area contributed by atoms with Gasteiger partial charge in [0, 0.05) is 19.5 Å². The summed E-state index contributed by atoms with van der Waals surface area (Å²) in [4.78, 5) is 27.7. The van der Waals surface area contributed by atoms with Crippen molar-refractivity contribution in [2.75, 3.05) is 24.1 Å². The van der Waals surface area contributed by atoms with Crippen LogP contribution in [0, 0.1) is 5.92 Å². The Kier molecular flexibility index (Phi) is 4.43. The van der Waals surface area contributed by atoms with Crippen molar-refractivity contribution in [1.82, 2.24) is 15.6 Å². The van der Waals surface area contributed by atoms with Crippen LogP contribution in [0.3, 0.4) is 0 Å². The maximum atomic E-state index is 12.1. The number of hydrogen-bond acceptors (Lipinski definition) is 6. The molecule has 8 heteroatoms. The third-order valence-electron chi connectivity index (χ3n) is 2.83. The van der Waals surface area contributed by atoms with E-state index in [2.05, 4.69) is 34.8 Å². The van der Waals surface area contributed by atoms with Crippen LogP contribution in [0.1, 0.15) is 29.9 Å². The molecule has 2 rings (SSSR count). The number of amides is 2. The Labute approximate surface area is 121 Å². The molecular weight excluding hydrogens is 278 g/mol. The third-order valence-corrected chi connectivity index (χ3v) is 3.86. The molecule has 0 aromatic carbocycles. The van der Waals surface area contributed by atoms with Crippen LogP contribution in [0.25, 0.3) is 0 Å². The van der Waals surface area contributed by atoms with Crippen LogP contribution >= 0.6 is 11.3 Å². The van der Waals surface area contributed by atoms with Gasteiger partial charge in [-0.1, -0.05) is 25.2 Å². The van der Waals surface area contributed by atoms with E-state index < -0.39 is 0 Å². The maximum absolute atomic E-state index is 12.1. The predicted molar refractivity (Wildman–Crippen MR) is 78.7 cm³/mol. The highest BCUT2D eigenvalue weighted by Gasteiger charge is 2.25. The molecule has 1 aromatic heterocycles. The number of hydrogen-bond donors (Lipinski definition) is 4. The molecule has 1 unspecified atom stereocenters. The van der Waals surface area contributed by atoms with Crippen molar-refractivity contribution in [2.24, 2.45) is 5.92 Å². The number of nitrogens with zero attached hydrogens (tertiary/aromatic N) is 1. The van der Waals surface area contributed by atoms with E-state index in [0.29, 0.717) is 28.9 Å². The molecule has 1 atom stereocenters. The van der Waals surface area contributed by atoms with E-state index in [0.717, 1.165) is 6.54 Å². The molecule has 0 saturated carbocycles. The van der Waals surface area contributed by atoms with Gasteiger partial charge in [0.15, 0.2) is 5.13 Å². The van der Waals surface area contributed by atoms with Crippen molar-refractivity contribution >= 4 is 34.1 Å². The van der Waals surface area contributed by atoms with Crippen LogP contribution in [0.4, 0.5) is 10.9 Å². The molecule has 1 fully saturated rings. The van der Waals surface area contributed by atoms with Gasteiger partial charge in [-0.15, -0.1) is 0 Å². The molecule has 110 valence electrons. The number of carbonyl (C=O) groups excluding carboxylic acids is 2. The summed E-state index contributed by atoms with van der Waals surface area (Å²) in [6, 6.07) is -0.177. The van der Waals surface area contributed by atoms with Crippen molar-refractivity contribution in [1.29, 1.82) is 0 Å². The summed E-state index contributed by atoms with van der Waals surface area (Å²) in [6.45, 7) is 5.40. The van der Waals surface area contributed by atoms with Crippen molar-refractivity contribution in [3.63, 3.8) is 0 Å². The average molecular weight is 297 g/mol. The van der Waals surface area contributed by atoms with E-state index in [4.69, 9.17) is 5.73 Å². The molecule has 20 heavy (non-hydrogen) atoms. The second-order valence-corrected chi connectivity index (χ2v) is 6.19. The van der Waals surface area contributed by atoms with Gasteiger partial charge in [-0.2, -0.15) is 0 Å². The van der Waals surface area contributed by atoms with E-state index in [1.165, 1.54) is 11.3 Å². The first-order valence-electron chi connectivity index (χ1n) is 6.53. The molecule has 0 radical (unpaired) electrons. The lowest BCUT2D eigenvalue weighted by atomic mass is 10.2. The molecule has 1 aliphatic rings. The number of thiazole rings is 1. The smallest absolute Gasteiger partial charge is 0.265 e. The van der Waals surface area contributed by atoms with Gasteiger partial charge in [0.2, 0.25) is 5.91 Å². The fraction of sp³-hybridized carbons (Fsp3) is 0.583. The molecule has 5 N–H and O–H groups in total.